The maximum absolute atomic E-state index is 10.3. The molecule has 0 unspecified atom stereocenters. The van der Waals surface area contributed by atoms with Crippen LogP contribution in [0, 0.1) is 0 Å². The number of ether oxygens (including phenoxy) is 1. The van der Waals surface area contributed by atoms with E-state index >= 15 is 0 Å². The summed E-state index contributed by atoms with van der Waals surface area (Å²) in [6.07, 6.45) is 8.66. The summed E-state index contributed by atoms with van der Waals surface area (Å²) in [4.78, 5) is 10.3. The largest absolute Gasteiger partial charge is 0.462 e. The van der Waals surface area contributed by atoms with Gasteiger partial charge >= 0.3 is 5.97 Å². The van der Waals surface area contributed by atoms with E-state index < -0.39 is 0 Å². The van der Waals surface area contributed by atoms with E-state index in [4.69, 9.17) is 0 Å². The standard InChI is InChI=1S/C9H14O2/c1-3-4-5-6-7-8-11-9(2)10/h4-7H,3,8H2,1-2H3/b5-4-,7-6-. The zero-order chi connectivity index (χ0) is 8.53. The summed E-state index contributed by atoms with van der Waals surface area (Å²) in [7, 11) is 0. The molecule has 0 aromatic heterocycles. The van der Waals surface area contributed by atoms with E-state index in [2.05, 4.69) is 11.7 Å². The second-order valence-electron chi connectivity index (χ2n) is 2.07. The summed E-state index contributed by atoms with van der Waals surface area (Å²) >= 11 is 0. The predicted octanol–water partition coefficient (Wildman–Crippen LogP) is 2.07. The smallest absolute Gasteiger partial charge is 0.302 e. The van der Waals surface area contributed by atoms with Crippen molar-refractivity contribution in [1.29, 1.82) is 0 Å². The quantitative estimate of drug-likeness (QED) is 0.457. The third-order valence-corrected chi connectivity index (χ3v) is 1.00. The molecule has 0 rings (SSSR count). The fraction of sp³-hybridized carbons (Fsp3) is 0.444. The van der Waals surface area contributed by atoms with Crippen LogP contribution in [0.1, 0.15) is 20.3 Å². The molecule has 11 heavy (non-hydrogen) atoms. The van der Waals surface area contributed by atoms with Crippen molar-refractivity contribution in [2.75, 3.05) is 6.61 Å². The molecule has 0 atom stereocenters. The molecule has 0 N–H and O–H groups in total. The van der Waals surface area contributed by atoms with Crippen molar-refractivity contribution in [3.63, 3.8) is 0 Å². The van der Waals surface area contributed by atoms with Crippen LogP contribution in [0.25, 0.3) is 0 Å². The topological polar surface area (TPSA) is 26.3 Å². The number of allylic oxidation sites excluding steroid dienone is 3. The highest BCUT2D eigenvalue weighted by atomic mass is 16.5. The second kappa shape index (κ2) is 7.06. The summed E-state index contributed by atoms with van der Waals surface area (Å²) in [5.74, 6) is -0.242. The lowest BCUT2D eigenvalue weighted by Gasteiger charge is -1.92. The fourth-order valence-corrected chi connectivity index (χ4v) is 0.514. The normalized spacial score (nSPS) is 11.1. The highest BCUT2D eigenvalue weighted by Gasteiger charge is 1.84. The van der Waals surface area contributed by atoms with Gasteiger partial charge in [0, 0.05) is 6.92 Å². The van der Waals surface area contributed by atoms with E-state index in [0.29, 0.717) is 6.61 Å². The van der Waals surface area contributed by atoms with E-state index in [1.54, 1.807) is 6.08 Å². The molecule has 0 aliphatic heterocycles. The lowest BCUT2D eigenvalue weighted by molar-refractivity contribution is -0.139. The Kier molecular flexibility index (Phi) is 6.39. The Morgan fingerprint density at radius 1 is 1.36 bits per heavy atom. The molecule has 0 bridgehead atoms. The molecule has 2 heteroatoms. The van der Waals surface area contributed by atoms with E-state index in [1.807, 2.05) is 18.2 Å². The number of carbonyl (C=O) groups excluding carboxylic acids is 1. The zero-order valence-corrected chi connectivity index (χ0v) is 7.04. The molecule has 0 fully saturated rings. The second-order valence-corrected chi connectivity index (χ2v) is 2.07. The summed E-state index contributed by atoms with van der Waals surface area (Å²) < 4.78 is 4.66. The van der Waals surface area contributed by atoms with E-state index in [1.165, 1.54) is 6.92 Å². The van der Waals surface area contributed by atoms with Crippen LogP contribution in [0.3, 0.4) is 0 Å². The molecule has 0 amide bonds. The van der Waals surface area contributed by atoms with Crippen molar-refractivity contribution >= 4 is 5.97 Å². The minimum absolute atomic E-state index is 0.242. The Morgan fingerprint density at radius 2 is 2.00 bits per heavy atom. The van der Waals surface area contributed by atoms with Crippen LogP contribution in [0.2, 0.25) is 0 Å². The van der Waals surface area contributed by atoms with Crippen LogP contribution in [0.4, 0.5) is 0 Å². The van der Waals surface area contributed by atoms with Gasteiger partial charge in [0.25, 0.3) is 0 Å². The zero-order valence-electron chi connectivity index (χ0n) is 7.04. The Balaban J connectivity index is 3.30. The van der Waals surface area contributed by atoms with Crippen LogP contribution in [0.15, 0.2) is 24.3 Å². The monoisotopic (exact) mass is 154 g/mol. The molecule has 0 heterocycles. The maximum atomic E-state index is 10.3. The van der Waals surface area contributed by atoms with Gasteiger partial charge in [-0.15, -0.1) is 0 Å². The molecular formula is C9H14O2. The third kappa shape index (κ3) is 8.95. The first-order chi connectivity index (χ1) is 5.27. The highest BCUT2D eigenvalue weighted by Crippen LogP contribution is 1.83. The van der Waals surface area contributed by atoms with Gasteiger partial charge in [-0.05, 0) is 12.5 Å². The number of hydrogen-bond acceptors (Lipinski definition) is 2. The van der Waals surface area contributed by atoms with Crippen LogP contribution >= 0.6 is 0 Å². The van der Waals surface area contributed by atoms with Crippen molar-refractivity contribution in [1.82, 2.24) is 0 Å². The average Bonchev–Trinajstić information content (AvgIpc) is 1.96. The maximum Gasteiger partial charge on any atom is 0.302 e. The lowest BCUT2D eigenvalue weighted by Crippen LogP contribution is -1.96. The van der Waals surface area contributed by atoms with Crippen molar-refractivity contribution in [3.05, 3.63) is 24.3 Å². The first-order valence-corrected chi connectivity index (χ1v) is 3.72. The first-order valence-electron chi connectivity index (χ1n) is 3.72. The van der Waals surface area contributed by atoms with Crippen LogP contribution in [-0.4, -0.2) is 12.6 Å². The Morgan fingerprint density at radius 3 is 2.55 bits per heavy atom. The van der Waals surface area contributed by atoms with Crippen molar-refractivity contribution in [2.24, 2.45) is 0 Å². The van der Waals surface area contributed by atoms with Gasteiger partial charge in [-0.3, -0.25) is 4.79 Å². The number of hydrogen-bond donors (Lipinski definition) is 0. The van der Waals surface area contributed by atoms with E-state index in [9.17, 15) is 4.79 Å². The Hall–Kier alpha value is -1.05. The molecule has 0 saturated heterocycles. The molecule has 0 spiro atoms. The molecule has 0 aromatic rings. The number of carbonyl (C=O) groups is 1. The van der Waals surface area contributed by atoms with Gasteiger partial charge < -0.3 is 4.74 Å². The SMILES string of the molecule is CC/C=C\C=C/COC(C)=O. The van der Waals surface area contributed by atoms with Crippen molar-refractivity contribution < 1.29 is 9.53 Å². The molecule has 62 valence electrons. The van der Waals surface area contributed by atoms with Crippen LogP contribution in [0.5, 0.6) is 0 Å². The van der Waals surface area contributed by atoms with Gasteiger partial charge in [-0.25, -0.2) is 0 Å². The van der Waals surface area contributed by atoms with Gasteiger partial charge in [0.15, 0.2) is 0 Å². The van der Waals surface area contributed by atoms with E-state index in [0.717, 1.165) is 6.42 Å². The minimum Gasteiger partial charge on any atom is -0.462 e. The van der Waals surface area contributed by atoms with Gasteiger partial charge in [0.05, 0.1) is 0 Å². The van der Waals surface area contributed by atoms with Gasteiger partial charge in [0.2, 0.25) is 0 Å². The van der Waals surface area contributed by atoms with Crippen molar-refractivity contribution in [2.45, 2.75) is 20.3 Å². The Bertz CT molecular complexity index is 157. The lowest BCUT2D eigenvalue weighted by atomic mass is 10.4. The summed E-state index contributed by atoms with van der Waals surface area (Å²) in [5, 5.41) is 0. The molecular weight excluding hydrogens is 140 g/mol. The number of esters is 1. The average molecular weight is 154 g/mol. The Labute approximate surface area is 67.6 Å². The molecule has 0 aliphatic carbocycles. The summed E-state index contributed by atoms with van der Waals surface area (Å²) in [6.45, 7) is 3.83. The molecule has 0 radical (unpaired) electrons. The predicted molar refractivity (Wildman–Crippen MR) is 45.2 cm³/mol. The summed E-state index contributed by atoms with van der Waals surface area (Å²) in [5.41, 5.74) is 0. The van der Waals surface area contributed by atoms with Gasteiger partial charge in [-0.1, -0.05) is 25.2 Å². The molecule has 0 aliphatic rings. The van der Waals surface area contributed by atoms with Gasteiger partial charge in [0.1, 0.15) is 6.61 Å². The van der Waals surface area contributed by atoms with Gasteiger partial charge in [-0.2, -0.15) is 0 Å². The molecule has 0 saturated carbocycles. The highest BCUT2D eigenvalue weighted by molar-refractivity contribution is 5.65. The van der Waals surface area contributed by atoms with Crippen molar-refractivity contribution in [3.8, 4) is 0 Å². The molecule has 0 aromatic carbocycles. The van der Waals surface area contributed by atoms with E-state index in [-0.39, 0.29) is 5.97 Å². The minimum atomic E-state index is -0.242. The molecule has 2 nitrogen and oxygen atoms in total. The van der Waals surface area contributed by atoms with Crippen LogP contribution in [-0.2, 0) is 9.53 Å². The summed E-state index contributed by atoms with van der Waals surface area (Å²) in [6, 6.07) is 0. The first kappa shape index (κ1) is 9.95. The fourth-order valence-electron chi connectivity index (χ4n) is 0.514. The third-order valence-electron chi connectivity index (χ3n) is 1.00. The van der Waals surface area contributed by atoms with Crippen LogP contribution < -0.4 is 0 Å². The number of rotatable bonds is 4.